The standard InChI is InChI=1S/C21H29N3O3/c1-4-17-6-5-7-18-19(15(2)25)12-24(21(17)18)13-20(26)22-10-16-11-23(3)8-9-27-14-16/h5-7,12,16H,4,8-11,13-14H2,1-3H3,(H,22,26)/t16-/m1/s1. The van der Waals surface area contributed by atoms with Crippen molar-refractivity contribution < 1.29 is 14.3 Å². The summed E-state index contributed by atoms with van der Waals surface area (Å²) < 4.78 is 7.52. The molecular weight excluding hydrogens is 342 g/mol. The molecule has 27 heavy (non-hydrogen) atoms. The molecule has 2 heterocycles. The predicted molar refractivity (Wildman–Crippen MR) is 106 cm³/mol. The van der Waals surface area contributed by atoms with Crippen LogP contribution in [0.25, 0.3) is 10.9 Å². The van der Waals surface area contributed by atoms with Crippen LogP contribution < -0.4 is 5.32 Å². The second kappa shape index (κ2) is 8.67. The van der Waals surface area contributed by atoms with Gasteiger partial charge in [-0.15, -0.1) is 0 Å². The molecule has 6 nitrogen and oxygen atoms in total. The van der Waals surface area contributed by atoms with Crippen molar-refractivity contribution in [1.82, 2.24) is 14.8 Å². The number of benzene rings is 1. The summed E-state index contributed by atoms with van der Waals surface area (Å²) in [7, 11) is 2.07. The van der Waals surface area contributed by atoms with Gasteiger partial charge in [-0.05, 0) is 26.0 Å². The van der Waals surface area contributed by atoms with Gasteiger partial charge in [0.2, 0.25) is 5.91 Å². The number of para-hydroxylation sites is 1. The van der Waals surface area contributed by atoms with Crippen molar-refractivity contribution >= 4 is 22.6 Å². The van der Waals surface area contributed by atoms with Crippen molar-refractivity contribution in [3.63, 3.8) is 0 Å². The highest BCUT2D eigenvalue weighted by molar-refractivity contribution is 6.07. The number of Topliss-reactive ketones (excluding diaryl/α,β-unsaturated/α-hetero) is 1. The van der Waals surface area contributed by atoms with Gasteiger partial charge in [-0.1, -0.05) is 25.1 Å². The molecule has 1 fully saturated rings. The van der Waals surface area contributed by atoms with Gasteiger partial charge in [-0.3, -0.25) is 9.59 Å². The highest BCUT2D eigenvalue weighted by atomic mass is 16.5. The molecule has 0 radical (unpaired) electrons. The van der Waals surface area contributed by atoms with Crippen LogP contribution in [-0.4, -0.2) is 61.1 Å². The van der Waals surface area contributed by atoms with Crippen LogP contribution in [0.2, 0.25) is 0 Å². The number of aromatic nitrogens is 1. The number of nitrogens with zero attached hydrogens (tertiary/aromatic N) is 2. The number of carbonyl (C=O) groups excluding carboxylic acids is 2. The van der Waals surface area contributed by atoms with E-state index >= 15 is 0 Å². The summed E-state index contributed by atoms with van der Waals surface area (Å²) in [5.41, 5.74) is 2.80. The smallest absolute Gasteiger partial charge is 0.239 e. The molecule has 1 N–H and O–H groups in total. The lowest BCUT2D eigenvalue weighted by molar-refractivity contribution is -0.121. The number of ketones is 1. The monoisotopic (exact) mass is 371 g/mol. The average molecular weight is 371 g/mol. The third kappa shape index (κ3) is 4.57. The van der Waals surface area contributed by atoms with E-state index in [0.717, 1.165) is 42.6 Å². The van der Waals surface area contributed by atoms with Gasteiger partial charge in [0.25, 0.3) is 0 Å². The van der Waals surface area contributed by atoms with Crippen molar-refractivity contribution in [1.29, 1.82) is 0 Å². The molecule has 146 valence electrons. The first kappa shape index (κ1) is 19.6. The van der Waals surface area contributed by atoms with E-state index in [4.69, 9.17) is 4.74 Å². The highest BCUT2D eigenvalue weighted by Crippen LogP contribution is 2.25. The van der Waals surface area contributed by atoms with Crippen molar-refractivity contribution in [2.45, 2.75) is 26.8 Å². The highest BCUT2D eigenvalue weighted by Gasteiger charge is 2.19. The quantitative estimate of drug-likeness (QED) is 0.790. The number of aryl methyl sites for hydroxylation is 1. The van der Waals surface area contributed by atoms with Crippen LogP contribution in [0.1, 0.15) is 29.8 Å². The summed E-state index contributed by atoms with van der Waals surface area (Å²) in [6.45, 7) is 7.72. The Balaban J connectivity index is 1.73. The first-order chi connectivity index (χ1) is 13.0. The van der Waals surface area contributed by atoms with Crippen LogP contribution in [0, 0.1) is 5.92 Å². The molecule has 1 aliphatic heterocycles. The third-order valence-electron chi connectivity index (χ3n) is 5.18. The number of hydrogen-bond acceptors (Lipinski definition) is 4. The molecule has 0 aliphatic carbocycles. The second-order valence-electron chi connectivity index (χ2n) is 7.40. The largest absolute Gasteiger partial charge is 0.380 e. The van der Waals surface area contributed by atoms with Gasteiger partial charge in [0.1, 0.15) is 6.54 Å². The number of nitrogens with one attached hydrogen (secondary N) is 1. The molecule has 0 saturated carbocycles. The van der Waals surface area contributed by atoms with Gasteiger partial charge in [0, 0.05) is 42.7 Å². The second-order valence-corrected chi connectivity index (χ2v) is 7.40. The van der Waals surface area contributed by atoms with E-state index in [1.807, 2.05) is 22.9 Å². The molecule has 1 saturated heterocycles. The molecule has 3 rings (SSSR count). The molecule has 1 atom stereocenters. The van der Waals surface area contributed by atoms with E-state index in [-0.39, 0.29) is 18.2 Å². The zero-order valence-electron chi connectivity index (χ0n) is 16.5. The Kier molecular flexibility index (Phi) is 6.29. The Bertz CT molecular complexity index is 827. The van der Waals surface area contributed by atoms with Crippen LogP contribution >= 0.6 is 0 Å². The molecule has 2 aromatic rings. The van der Waals surface area contributed by atoms with Crippen LogP contribution in [0.4, 0.5) is 0 Å². The van der Waals surface area contributed by atoms with E-state index < -0.39 is 0 Å². The van der Waals surface area contributed by atoms with Crippen molar-refractivity contribution in [2.24, 2.45) is 5.92 Å². The zero-order valence-corrected chi connectivity index (χ0v) is 16.5. The first-order valence-corrected chi connectivity index (χ1v) is 9.64. The summed E-state index contributed by atoms with van der Waals surface area (Å²) in [6, 6.07) is 5.98. The SMILES string of the molecule is CCc1cccc2c(C(C)=O)cn(CC(=O)NC[C@H]3COCCN(C)C3)c12. The summed E-state index contributed by atoms with van der Waals surface area (Å²) in [5.74, 6) is 0.271. The van der Waals surface area contributed by atoms with Crippen molar-refractivity contribution in [3.05, 3.63) is 35.5 Å². The lowest BCUT2D eigenvalue weighted by Crippen LogP contribution is -2.37. The van der Waals surface area contributed by atoms with Gasteiger partial charge in [0.15, 0.2) is 5.78 Å². The fourth-order valence-corrected chi connectivity index (χ4v) is 3.78. The topological polar surface area (TPSA) is 63.6 Å². The zero-order chi connectivity index (χ0) is 19.4. The summed E-state index contributed by atoms with van der Waals surface area (Å²) >= 11 is 0. The van der Waals surface area contributed by atoms with E-state index in [1.165, 1.54) is 0 Å². The Morgan fingerprint density at radius 3 is 2.89 bits per heavy atom. The van der Waals surface area contributed by atoms with Crippen molar-refractivity contribution in [2.75, 3.05) is 39.9 Å². The Morgan fingerprint density at radius 1 is 1.33 bits per heavy atom. The van der Waals surface area contributed by atoms with E-state index in [2.05, 4.69) is 30.3 Å². The average Bonchev–Trinajstić information content (AvgIpc) is 2.88. The molecule has 0 bridgehead atoms. The summed E-state index contributed by atoms with van der Waals surface area (Å²) in [6.07, 6.45) is 2.67. The summed E-state index contributed by atoms with van der Waals surface area (Å²) in [5, 5.41) is 3.96. The number of fused-ring (bicyclic) bond motifs is 1. The van der Waals surface area contributed by atoms with Crippen LogP contribution in [-0.2, 0) is 22.5 Å². The Hall–Kier alpha value is -2.18. The van der Waals surface area contributed by atoms with Gasteiger partial charge in [-0.25, -0.2) is 0 Å². The molecule has 1 aromatic carbocycles. The number of rotatable bonds is 6. The number of carbonyl (C=O) groups is 2. The minimum atomic E-state index is -0.0418. The third-order valence-corrected chi connectivity index (χ3v) is 5.18. The minimum absolute atomic E-state index is 0.0195. The van der Waals surface area contributed by atoms with Gasteiger partial charge in [-0.2, -0.15) is 0 Å². The number of ether oxygens (including phenoxy) is 1. The molecule has 1 aliphatic rings. The van der Waals surface area contributed by atoms with E-state index in [9.17, 15) is 9.59 Å². The molecule has 0 spiro atoms. The predicted octanol–water partition coefficient (Wildman–Crippen LogP) is 2.10. The maximum absolute atomic E-state index is 12.6. The van der Waals surface area contributed by atoms with Gasteiger partial charge < -0.3 is 19.5 Å². The molecule has 0 unspecified atom stereocenters. The van der Waals surface area contributed by atoms with Crippen LogP contribution in [0.5, 0.6) is 0 Å². The fraction of sp³-hybridized carbons (Fsp3) is 0.524. The van der Waals surface area contributed by atoms with Crippen LogP contribution in [0.15, 0.2) is 24.4 Å². The van der Waals surface area contributed by atoms with E-state index in [1.54, 1.807) is 6.92 Å². The molecule has 1 aromatic heterocycles. The van der Waals surface area contributed by atoms with Crippen molar-refractivity contribution in [3.8, 4) is 0 Å². The maximum Gasteiger partial charge on any atom is 0.239 e. The minimum Gasteiger partial charge on any atom is -0.380 e. The maximum atomic E-state index is 12.6. The Labute approximate surface area is 160 Å². The van der Waals surface area contributed by atoms with E-state index in [0.29, 0.717) is 24.6 Å². The lowest BCUT2D eigenvalue weighted by Gasteiger charge is -2.19. The number of hydrogen-bond donors (Lipinski definition) is 1. The molecule has 6 heteroatoms. The first-order valence-electron chi connectivity index (χ1n) is 9.64. The number of amides is 1. The van der Waals surface area contributed by atoms with Gasteiger partial charge in [0.05, 0.1) is 18.7 Å². The summed E-state index contributed by atoms with van der Waals surface area (Å²) in [4.78, 5) is 26.8. The molecule has 1 amide bonds. The Morgan fingerprint density at radius 2 is 2.15 bits per heavy atom. The number of likely N-dealkylation sites (N-methyl/N-ethyl adjacent to an activating group) is 1. The lowest BCUT2D eigenvalue weighted by atomic mass is 10.1. The molecular formula is C21H29N3O3. The van der Waals surface area contributed by atoms with Gasteiger partial charge >= 0.3 is 0 Å². The van der Waals surface area contributed by atoms with Crippen LogP contribution in [0.3, 0.4) is 0 Å². The normalized spacial score (nSPS) is 18.4. The fourth-order valence-electron chi connectivity index (χ4n) is 3.78.